The number of hydrogen-bond donors (Lipinski definition) is 1. The molecule has 4 nitrogen and oxygen atoms in total. The SMILES string of the molecule is [CH2]C(O)CS(=O)(=O)[O-].[Na+]. The Morgan fingerprint density at radius 3 is 2.00 bits per heavy atom. The summed E-state index contributed by atoms with van der Waals surface area (Å²) in [4.78, 5) is 0. The molecule has 0 aliphatic rings. The third-order valence-electron chi connectivity index (χ3n) is 0.397. The van der Waals surface area contributed by atoms with E-state index in [9.17, 15) is 13.0 Å². The average Bonchev–Trinajstić information content (AvgIpc) is 1.21. The predicted octanol–water partition coefficient (Wildman–Crippen LogP) is -4.27. The Hall–Kier alpha value is 0.870. The Morgan fingerprint density at radius 1 is 1.67 bits per heavy atom. The Labute approximate surface area is 76.3 Å². The van der Waals surface area contributed by atoms with Gasteiger partial charge in [-0.25, -0.2) is 8.42 Å². The molecule has 0 amide bonds. The zero-order valence-corrected chi connectivity index (χ0v) is 7.89. The number of aliphatic hydroxyl groups is 1. The molecule has 49 valence electrons. The number of rotatable bonds is 2. The minimum Gasteiger partial charge on any atom is -0.748 e. The van der Waals surface area contributed by atoms with Gasteiger partial charge in [-0.3, -0.25) is 0 Å². The Bertz CT molecular complexity index is 149. The largest absolute Gasteiger partial charge is 1.00 e. The molecule has 0 aromatic heterocycles. The van der Waals surface area contributed by atoms with Crippen LogP contribution < -0.4 is 29.6 Å². The second kappa shape index (κ2) is 4.65. The first-order chi connectivity index (χ1) is 3.42. The molecule has 0 spiro atoms. The molecule has 0 aliphatic carbocycles. The predicted molar refractivity (Wildman–Crippen MR) is 25.9 cm³/mol. The van der Waals surface area contributed by atoms with Gasteiger partial charge in [0.05, 0.1) is 22.0 Å². The Kier molecular flexibility index (Phi) is 6.48. The first-order valence-electron chi connectivity index (χ1n) is 1.86. The van der Waals surface area contributed by atoms with Crippen LogP contribution in [0.3, 0.4) is 0 Å². The van der Waals surface area contributed by atoms with Gasteiger partial charge >= 0.3 is 29.6 Å². The van der Waals surface area contributed by atoms with Crippen LogP contribution in [0.5, 0.6) is 0 Å². The van der Waals surface area contributed by atoms with Gasteiger partial charge in [0.2, 0.25) is 0 Å². The monoisotopic (exact) mass is 161 g/mol. The van der Waals surface area contributed by atoms with E-state index < -0.39 is 22.0 Å². The van der Waals surface area contributed by atoms with Gasteiger partial charge in [-0.05, 0) is 6.92 Å². The van der Waals surface area contributed by atoms with Crippen molar-refractivity contribution in [2.45, 2.75) is 6.10 Å². The first kappa shape index (κ1) is 12.5. The molecule has 0 saturated heterocycles. The van der Waals surface area contributed by atoms with Crippen LogP contribution in [0.25, 0.3) is 0 Å². The molecule has 9 heavy (non-hydrogen) atoms. The summed E-state index contributed by atoms with van der Waals surface area (Å²) in [5.74, 6) is -0.812. The van der Waals surface area contributed by atoms with E-state index in [4.69, 9.17) is 5.11 Å². The summed E-state index contributed by atoms with van der Waals surface area (Å²) in [5.41, 5.74) is 0. The van der Waals surface area contributed by atoms with E-state index in [0.29, 0.717) is 0 Å². The molecular formula is C3H6NaO4S. The van der Waals surface area contributed by atoms with Gasteiger partial charge in [0.25, 0.3) is 0 Å². The molecule has 1 atom stereocenters. The molecule has 0 aromatic rings. The van der Waals surface area contributed by atoms with Crippen molar-refractivity contribution >= 4 is 10.1 Å². The van der Waals surface area contributed by atoms with Crippen LogP contribution in [-0.2, 0) is 10.1 Å². The molecule has 0 fully saturated rings. The van der Waals surface area contributed by atoms with Crippen molar-refractivity contribution in [3.63, 3.8) is 0 Å². The molecule has 0 saturated carbocycles. The van der Waals surface area contributed by atoms with E-state index >= 15 is 0 Å². The second-order valence-corrected chi connectivity index (χ2v) is 2.83. The summed E-state index contributed by atoms with van der Waals surface area (Å²) in [5, 5.41) is 8.20. The van der Waals surface area contributed by atoms with Crippen LogP contribution in [-0.4, -0.2) is 29.9 Å². The molecule has 1 radical (unpaired) electrons. The summed E-state index contributed by atoms with van der Waals surface area (Å²) in [6, 6.07) is 0. The molecule has 0 heterocycles. The Morgan fingerprint density at radius 2 is 2.00 bits per heavy atom. The van der Waals surface area contributed by atoms with Crippen molar-refractivity contribution in [2.75, 3.05) is 5.75 Å². The minimum atomic E-state index is -4.29. The van der Waals surface area contributed by atoms with Crippen LogP contribution in [0.15, 0.2) is 0 Å². The molecule has 0 bridgehead atoms. The zero-order valence-electron chi connectivity index (χ0n) is 5.07. The number of aliphatic hydroxyl groups excluding tert-OH is 1. The van der Waals surface area contributed by atoms with Crippen LogP contribution >= 0.6 is 0 Å². The molecular weight excluding hydrogens is 155 g/mol. The van der Waals surface area contributed by atoms with Crippen molar-refractivity contribution in [3.8, 4) is 0 Å². The maximum atomic E-state index is 9.69. The summed E-state index contributed by atoms with van der Waals surface area (Å²) in [6.07, 6.45) is -1.31. The van der Waals surface area contributed by atoms with E-state index in [-0.39, 0.29) is 29.6 Å². The topological polar surface area (TPSA) is 77.4 Å². The third kappa shape index (κ3) is 12.1. The van der Waals surface area contributed by atoms with Crippen molar-refractivity contribution in [1.29, 1.82) is 0 Å². The van der Waals surface area contributed by atoms with Crippen molar-refractivity contribution in [2.24, 2.45) is 0 Å². The van der Waals surface area contributed by atoms with Crippen LogP contribution in [0.1, 0.15) is 0 Å². The van der Waals surface area contributed by atoms with Gasteiger partial charge in [-0.1, -0.05) is 0 Å². The van der Waals surface area contributed by atoms with E-state index in [1.165, 1.54) is 0 Å². The molecule has 0 aromatic carbocycles. The maximum Gasteiger partial charge on any atom is 1.00 e. The van der Waals surface area contributed by atoms with Gasteiger partial charge in [0.1, 0.15) is 0 Å². The van der Waals surface area contributed by atoms with Gasteiger partial charge in [-0.2, -0.15) is 0 Å². The molecule has 6 heteroatoms. The smallest absolute Gasteiger partial charge is 0.748 e. The van der Waals surface area contributed by atoms with Crippen LogP contribution in [0.4, 0.5) is 0 Å². The van der Waals surface area contributed by atoms with Gasteiger partial charge < -0.3 is 9.66 Å². The van der Waals surface area contributed by atoms with E-state index in [0.717, 1.165) is 0 Å². The van der Waals surface area contributed by atoms with E-state index in [1.54, 1.807) is 0 Å². The van der Waals surface area contributed by atoms with Crippen molar-refractivity contribution in [1.82, 2.24) is 0 Å². The normalized spacial score (nSPS) is 14.1. The quantitative estimate of drug-likeness (QED) is 0.328. The van der Waals surface area contributed by atoms with E-state index in [2.05, 4.69) is 6.92 Å². The summed E-state index contributed by atoms with van der Waals surface area (Å²) < 4.78 is 29.1. The molecule has 1 N–H and O–H groups in total. The fourth-order valence-electron chi connectivity index (χ4n) is 0.236. The first-order valence-corrected chi connectivity index (χ1v) is 3.44. The van der Waals surface area contributed by atoms with Gasteiger partial charge in [0, 0.05) is 0 Å². The maximum absolute atomic E-state index is 9.69. The second-order valence-electron chi connectivity index (χ2n) is 1.38. The molecule has 1 unspecified atom stereocenters. The fourth-order valence-corrected chi connectivity index (χ4v) is 0.707. The average molecular weight is 161 g/mol. The van der Waals surface area contributed by atoms with Crippen LogP contribution in [0.2, 0.25) is 0 Å². The summed E-state index contributed by atoms with van der Waals surface area (Å²) >= 11 is 0. The van der Waals surface area contributed by atoms with Gasteiger partial charge in [0.15, 0.2) is 0 Å². The summed E-state index contributed by atoms with van der Waals surface area (Å²) in [6.45, 7) is 2.90. The van der Waals surface area contributed by atoms with Crippen LogP contribution in [0, 0.1) is 6.92 Å². The third-order valence-corrected chi connectivity index (χ3v) is 1.19. The molecule has 0 rings (SSSR count). The standard InChI is InChI=1S/C3H7O4S.Na/c1-3(4)2-8(5,6)7;/h3-4H,1-2H2,(H,5,6,7);/q;+1/p-1. The fraction of sp³-hybridized carbons (Fsp3) is 0.667. The molecule has 0 aliphatic heterocycles. The van der Waals surface area contributed by atoms with Gasteiger partial charge in [-0.15, -0.1) is 0 Å². The minimum absolute atomic E-state index is 0. The van der Waals surface area contributed by atoms with Crippen molar-refractivity contribution < 1.29 is 47.6 Å². The Balaban J connectivity index is 0. The number of hydrogen-bond acceptors (Lipinski definition) is 4. The van der Waals surface area contributed by atoms with Crippen molar-refractivity contribution in [3.05, 3.63) is 6.92 Å². The van der Waals surface area contributed by atoms with E-state index in [1.807, 2.05) is 0 Å². The zero-order chi connectivity index (χ0) is 6.78. The summed E-state index contributed by atoms with van der Waals surface area (Å²) in [7, 11) is -4.29.